The summed E-state index contributed by atoms with van der Waals surface area (Å²) in [5.41, 5.74) is 3.76. The molecule has 1 heteroatoms. The van der Waals surface area contributed by atoms with E-state index >= 15 is 0 Å². The number of benzene rings is 4. The minimum atomic E-state index is 1.21. The minimum absolute atomic E-state index is 1.21. The summed E-state index contributed by atoms with van der Waals surface area (Å²) in [5.74, 6) is 0. The summed E-state index contributed by atoms with van der Waals surface area (Å²) in [6.45, 7) is 2.16. The maximum atomic E-state index is 3.59. The second-order valence-electron chi connectivity index (χ2n) is 6.03. The Morgan fingerprint density at radius 1 is 0.682 bits per heavy atom. The maximum Gasteiger partial charge on any atom is 0.0494 e. The topological polar surface area (TPSA) is 15.8 Å². The zero-order valence-corrected chi connectivity index (χ0v) is 12.4. The second kappa shape index (κ2) is 4.11. The van der Waals surface area contributed by atoms with Crippen LogP contribution in [0.5, 0.6) is 0 Å². The van der Waals surface area contributed by atoms with Crippen LogP contribution in [0.15, 0.2) is 66.7 Å². The molecule has 0 fully saturated rings. The molecule has 0 aliphatic heterocycles. The van der Waals surface area contributed by atoms with Gasteiger partial charge < -0.3 is 4.98 Å². The van der Waals surface area contributed by atoms with Gasteiger partial charge in [0.25, 0.3) is 0 Å². The standard InChI is InChI=1S/C21H15N/c1-13-5-4-8-17-20-18-12-15-7-3-2-6-14(15)11-16(18)9-10-19(20)22-21(13)17/h2-12,22H,1H3. The summed E-state index contributed by atoms with van der Waals surface area (Å²) in [7, 11) is 0. The number of hydrogen-bond acceptors (Lipinski definition) is 0. The summed E-state index contributed by atoms with van der Waals surface area (Å²) in [6.07, 6.45) is 0. The van der Waals surface area contributed by atoms with E-state index in [4.69, 9.17) is 0 Å². The van der Waals surface area contributed by atoms with Crippen LogP contribution in [-0.4, -0.2) is 4.98 Å². The lowest BCUT2D eigenvalue weighted by Gasteiger charge is -2.04. The Bertz CT molecular complexity index is 1180. The summed E-state index contributed by atoms with van der Waals surface area (Å²) >= 11 is 0. The molecule has 4 aromatic carbocycles. The van der Waals surface area contributed by atoms with Crippen LogP contribution in [0.3, 0.4) is 0 Å². The molecule has 1 N–H and O–H groups in total. The summed E-state index contributed by atoms with van der Waals surface area (Å²) in [5, 5.41) is 7.87. The lowest BCUT2D eigenvalue weighted by Crippen LogP contribution is -1.78. The maximum absolute atomic E-state index is 3.59. The van der Waals surface area contributed by atoms with Gasteiger partial charge >= 0.3 is 0 Å². The fraction of sp³-hybridized carbons (Fsp3) is 0.0476. The second-order valence-corrected chi connectivity index (χ2v) is 6.03. The first-order valence-electron chi connectivity index (χ1n) is 7.64. The monoisotopic (exact) mass is 281 g/mol. The summed E-state index contributed by atoms with van der Waals surface area (Å²) < 4.78 is 0. The predicted octanol–water partition coefficient (Wildman–Crippen LogP) is 5.94. The van der Waals surface area contributed by atoms with E-state index in [2.05, 4.69) is 78.6 Å². The molecule has 0 saturated carbocycles. The van der Waals surface area contributed by atoms with Gasteiger partial charge in [-0.05, 0) is 52.2 Å². The average molecular weight is 281 g/mol. The van der Waals surface area contributed by atoms with Crippen molar-refractivity contribution >= 4 is 43.4 Å². The molecule has 22 heavy (non-hydrogen) atoms. The van der Waals surface area contributed by atoms with Crippen molar-refractivity contribution in [2.75, 3.05) is 0 Å². The summed E-state index contributed by atoms with van der Waals surface area (Å²) in [4.78, 5) is 3.59. The third-order valence-corrected chi connectivity index (χ3v) is 4.69. The number of hydrogen-bond donors (Lipinski definition) is 1. The van der Waals surface area contributed by atoms with Crippen molar-refractivity contribution in [2.45, 2.75) is 6.92 Å². The van der Waals surface area contributed by atoms with E-state index in [1.807, 2.05) is 0 Å². The Morgan fingerprint density at radius 2 is 1.50 bits per heavy atom. The van der Waals surface area contributed by atoms with Crippen LogP contribution in [0.4, 0.5) is 0 Å². The Labute approximate surface area is 128 Å². The quantitative estimate of drug-likeness (QED) is 0.338. The number of nitrogens with one attached hydrogen (secondary N) is 1. The van der Waals surface area contributed by atoms with Crippen LogP contribution < -0.4 is 0 Å². The lowest BCUT2D eigenvalue weighted by molar-refractivity contribution is 1.46. The molecule has 1 heterocycles. The molecule has 5 aromatic rings. The van der Waals surface area contributed by atoms with Crippen LogP contribution in [0.2, 0.25) is 0 Å². The Kier molecular flexibility index (Phi) is 2.21. The molecular weight excluding hydrogens is 266 g/mol. The lowest BCUT2D eigenvalue weighted by atomic mass is 9.99. The van der Waals surface area contributed by atoms with Crippen LogP contribution in [0.1, 0.15) is 5.56 Å². The van der Waals surface area contributed by atoms with Crippen molar-refractivity contribution < 1.29 is 0 Å². The van der Waals surface area contributed by atoms with Crippen LogP contribution in [-0.2, 0) is 0 Å². The first-order valence-corrected chi connectivity index (χ1v) is 7.64. The van der Waals surface area contributed by atoms with Crippen LogP contribution in [0, 0.1) is 6.92 Å². The van der Waals surface area contributed by atoms with Gasteiger partial charge in [-0.3, -0.25) is 0 Å². The number of aromatic nitrogens is 1. The third-order valence-electron chi connectivity index (χ3n) is 4.69. The van der Waals surface area contributed by atoms with Gasteiger partial charge in [-0.1, -0.05) is 48.5 Å². The Morgan fingerprint density at radius 3 is 2.36 bits per heavy atom. The smallest absolute Gasteiger partial charge is 0.0494 e. The molecule has 104 valence electrons. The third kappa shape index (κ3) is 1.48. The SMILES string of the molecule is Cc1cccc2c1[nH]c1ccc3cc4ccccc4cc3c12. The Balaban J connectivity index is 2.08. The van der Waals surface area contributed by atoms with Gasteiger partial charge in [-0.25, -0.2) is 0 Å². The van der Waals surface area contributed by atoms with E-state index in [0.717, 1.165) is 0 Å². The fourth-order valence-corrected chi connectivity index (χ4v) is 3.58. The van der Waals surface area contributed by atoms with Crippen molar-refractivity contribution in [1.29, 1.82) is 0 Å². The molecule has 0 atom stereocenters. The van der Waals surface area contributed by atoms with E-state index in [9.17, 15) is 0 Å². The van der Waals surface area contributed by atoms with E-state index in [-0.39, 0.29) is 0 Å². The molecule has 1 aromatic heterocycles. The molecule has 0 saturated heterocycles. The first kappa shape index (κ1) is 11.8. The van der Waals surface area contributed by atoms with Gasteiger partial charge in [-0.2, -0.15) is 0 Å². The number of aryl methyl sites for hydroxylation is 1. The molecule has 0 amide bonds. The van der Waals surface area contributed by atoms with Gasteiger partial charge in [-0.15, -0.1) is 0 Å². The zero-order chi connectivity index (χ0) is 14.7. The highest BCUT2D eigenvalue weighted by molar-refractivity contribution is 6.22. The first-order chi connectivity index (χ1) is 10.8. The van der Waals surface area contributed by atoms with E-state index in [0.29, 0.717) is 0 Å². The molecule has 0 unspecified atom stereocenters. The number of para-hydroxylation sites is 1. The molecular formula is C21H15N. The van der Waals surface area contributed by atoms with Gasteiger partial charge in [0.15, 0.2) is 0 Å². The number of rotatable bonds is 0. The van der Waals surface area contributed by atoms with Crippen molar-refractivity contribution in [2.24, 2.45) is 0 Å². The number of H-pyrrole nitrogens is 1. The van der Waals surface area contributed by atoms with Gasteiger partial charge in [0.05, 0.1) is 0 Å². The highest BCUT2D eigenvalue weighted by atomic mass is 14.7. The van der Waals surface area contributed by atoms with Crippen LogP contribution in [0.25, 0.3) is 43.4 Å². The van der Waals surface area contributed by atoms with Gasteiger partial charge in [0, 0.05) is 21.8 Å². The molecule has 1 nitrogen and oxygen atoms in total. The molecule has 0 aliphatic carbocycles. The molecule has 0 radical (unpaired) electrons. The fourth-order valence-electron chi connectivity index (χ4n) is 3.58. The van der Waals surface area contributed by atoms with E-state index < -0.39 is 0 Å². The molecule has 0 spiro atoms. The Hall–Kier alpha value is -2.80. The molecule has 0 bridgehead atoms. The van der Waals surface area contributed by atoms with Crippen molar-refractivity contribution in [3.63, 3.8) is 0 Å². The number of aromatic amines is 1. The largest absolute Gasteiger partial charge is 0.354 e. The highest BCUT2D eigenvalue weighted by Crippen LogP contribution is 2.35. The number of fused-ring (bicyclic) bond motifs is 6. The average Bonchev–Trinajstić information content (AvgIpc) is 2.93. The minimum Gasteiger partial charge on any atom is -0.354 e. The predicted molar refractivity (Wildman–Crippen MR) is 95.6 cm³/mol. The van der Waals surface area contributed by atoms with Crippen LogP contribution >= 0.6 is 0 Å². The van der Waals surface area contributed by atoms with Gasteiger partial charge in [0.2, 0.25) is 0 Å². The zero-order valence-electron chi connectivity index (χ0n) is 12.4. The van der Waals surface area contributed by atoms with Crippen molar-refractivity contribution in [3.8, 4) is 0 Å². The van der Waals surface area contributed by atoms with Crippen molar-refractivity contribution in [3.05, 3.63) is 72.3 Å². The highest BCUT2D eigenvalue weighted by Gasteiger charge is 2.10. The van der Waals surface area contributed by atoms with Crippen molar-refractivity contribution in [1.82, 2.24) is 4.98 Å². The molecule has 5 rings (SSSR count). The summed E-state index contributed by atoms with van der Waals surface area (Å²) in [6, 6.07) is 24.1. The van der Waals surface area contributed by atoms with E-state index in [1.165, 1.54) is 48.9 Å². The van der Waals surface area contributed by atoms with Gasteiger partial charge in [0.1, 0.15) is 0 Å². The molecule has 0 aliphatic rings. The normalized spacial score (nSPS) is 11.9. The van der Waals surface area contributed by atoms with E-state index in [1.54, 1.807) is 0 Å².